The molecule has 28 heavy (non-hydrogen) atoms. The molecule has 1 atom stereocenters. The maximum absolute atomic E-state index is 10.4. The highest BCUT2D eigenvalue weighted by Gasteiger charge is 2.13. The summed E-state index contributed by atoms with van der Waals surface area (Å²) < 4.78 is 0. The zero-order valence-electron chi connectivity index (χ0n) is 19.2. The van der Waals surface area contributed by atoms with E-state index in [0.29, 0.717) is 5.57 Å². The van der Waals surface area contributed by atoms with Crippen molar-refractivity contribution in [1.82, 2.24) is 0 Å². The van der Waals surface area contributed by atoms with Crippen LogP contribution in [0.3, 0.4) is 0 Å². The van der Waals surface area contributed by atoms with Crippen molar-refractivity contribution in [3.8, 4) is 0 Å². The lowest BCUT2D eigenvalue weighted by atomic mass is 9.99. The highest BCUT2D eigenvalue weighted by molar-refractivity contribution is 5.85. The normalized spacial score (nSPS) is 13.8. The SMILES string of the molecule is C=CC(C)(O)CCC=C(C)CCC=C(C)C.CCCCCCC=C(C)C(=O)O. The second-order valence-corrected chi connectivity index (χ2v) is 8.01. The first kappa shape index (κ1) is 28.6. The lowest BCUT2D eigenvalue weighted by molar-refractivity contribution is -0.132. The van der Waals surface area contributed by atoms with Crippen LogP contribution in [-0.2, 0) is 4.79 Å². The average Bonchev–Trinajstić information content (AvgIpc) is 2.61. The number of carboxylic acids is 1. The van der Waals surface area contributed by atoms with Crippen LogP contribution in [0.4, 0.5) is 0 Å². The largest absolute Gasteiger partial charge is 0.478 e. The van der Waals surface area contributed by atoms with Gasteiger partial charge in [-0.3, -0.25) is 0 Å². The van der Waals surface area contributed by atoms with Gasteiger partial charge in [-0.25, -0.2) is 4.79 Å². The molecule has 0 saturated heterocycles. The molecular weight excluding hydrogens is 348 g/mol. The number of allylic oxidation sites excluding steroid dienone is 5. The van der Waals surface area contributed by atoms with Crippen LogP contribution in [0, 0.1) is 0 Å². The molecule has 1 unspecified atom stereocenters. The standard InChI is InChI=1S/C15H26O.C10H18O2/c1-6-15(5,16)12-8-11-14(4)10-7-9-13(2)3;1-3-4-5-6-7-8-9(2)10(11)12/h6,9,11,16H,1,7-8,10,12H2,2-5H3;8H,3-7H2,1-2H3,(H,11,12). The fraction of sp³-hybridized carbons (Fsp3) is 0.640. The molecule has 0 aromatic heterocycles. The quantitative estimate of drug-likeness (QED) is 0.195. The summed E-state index contributed by atoms with van der Waals surface area (Å²) in [5.41, 5.74) is 2.52. The molecule has 0 aromatic carbocycles. The Labute approximate surface area is 173 Å². The van der Waals surface area contributed by atoms with Crippen LogP contribution in [0.5, 0.6) is 0 Å². The van der Waals surface area contributed by atoms with Crippen LogP contribution in [0.15, 0.2) is 47.6 Å². The fourth-order valence-electron chi connectivity index (χ4n) is 2.38. The molecule has 0 aliphatic carbocycles. The van der Waals surface area contributed by atoms with Crippen LogP contribution >= 0.6 is 0 Å². The van der Waals surface area contributed by atoms with Gasteiger partial charge >= 0.3 is 5.97 Å². The van der Waals surface area contributed by atoms with Crippen LogP contribution in [0.25, 0.3) is 0 Å². The van der Waals surface area contributed by atoms with Crippen molar-refractivity contribution >= 4 is 5.97 Å². The van der Waals surface area contributed by atoms with E-state index in [1.807, 2.05) is 0 Å². The van der Waals surface area contributed by atoms with Gasteiger partial charge in [-0.2, -0.15) is 0 Å². The number of carbonyl (C=O) groups is 1. The smallest absolute Gasteiger partial charge is 0.330 e. The molecular formula is C25H44O3. The van der Waals surface area contributed by atoms with E-state index in [2.05, 4.69) is 46.4 Å². The minimum absolute atomic E-state index is 0.464. The third-order valence-electron chi connectivity index (χ3n) is 4.52. The lowest BCUT2D eigenvalue weighted by Gasteiger charge is -2.16. The number of carboxylic acid groups (broad SMARTS) is 1. The van der Waals surface area contributed by atoms with Crippen LogP contribution < -0.4 is 0 Å². The maximum Gasteiger partial charge on any atom is 0.330 e. The molecule has 0 rings (SSSR count). The van der Waals surface area contributed by atoms with Crippen molar-refractivity contribution in [2.45, 2.75) is 105 Å². The monoisotopic (exact) mass is 392 g/mol. The third kappa shape index (κ3) is 20.7. The Morgan fingerprint density at radius 2 is 1.61 bits per heavy atom. The van der Waals surface area contributed by atoms with Crippen LogP contribution in [0.2, 0.25) is 0 Å². The van der Waals surface area contributed by atoms with Gasteiger partial charge < -0.3 is 10.2 Å². The number of hydrogen-bond acceptors (Lipinski definition) is 2. The van der Waals surface area contributed by atoms with Gasteiger partial charge in [0.1, 0.15) is 0 Å². The van der Waals surface area contributed by atoms with E-state index >= 15 is 0 Å². The topological polar surface area (TPSA) is 57.5 Å². The second kappa shape index (κ2) is 17.5. The van der Waals surface area contributed by atoms with Crippen LogP contribution in [0.1, 0.15) is 99.3 Å². The summed E-state index contributed by atoms with van der Waals surface area (Å²) in [4.78, 5) is 10.4. The van der Waals surface area contributed by atoms with Gasteiger partial charge in [-0.1, -0.05) is 61.6 Å². The predicted molar refractivity (Wildman–Crippen MR) is 123 cm³/mol. The molecule has 0 bridgehead atoms. The van der Waals surface area contributed by atoms with Gasteiger partial charge in [0.15, 0.2) is 0 Å². The van der Waals surface area contributed by atoms with E-state index in [4.69, 9.17) is 5.11 Å². The minimum atomic E-state index is -0.800. The molecule has 162 valence electrons. The molecule has 0 aliphatic rings. The summed E-state index contributed by atoms with van der Waals surface area (Å²) in [5, 5.41) is 18.2. The third-order valence-corrected chi connectivity index (χ3v) is 4.52. The van der Waals surface area contributed by atoms with Crippen molar-refractivity contribution in [3.05, 3.63) is 47.6 Å². The first-order valence-electron chi connectivity index (χ1n) is 10.6. The Balaban J connectivity index is 0. The van der Waals surface area contributed by atoms with Gasteiger partial charge in [-0.15, -0.1) is 6.58 Å². The van der Waals surface area contributed by atoms with Gasteiger partial charge in [0.2, 0.25) is 0 Å². The van der Waals surface area contributed by atoms with E-state index in [1.165, 1.54) is 30.4 Å². The van der Waals surface area contributed by atoms with Gasteiger partial charge in [0.05, 0.1) is 5.60 Å². The van der Waals surface area contributed by atoms with Gasteiger partial charge in [-0.05, 0) is 73.1 Å². The first-order chi connectivity index (χ1) is 13.1. The summed E-state index contributed by atoms with van der Waals surface area (Å²) in [6.45, 7) is 15.6. The summed E-state index contributed by atoms with van der Waals surface area (Å²) in [6, 6.07) is 0. The Hall–Kier alpha value is -1.61. The van der Waals surface area contributed by atoms with Gasteiger partial charge in [0, 0.05) is 5.57 Å². The molecule has 2 N–H and O–H groups in total. The fourth-order valence-corrected chi connectivity index (χ4v) is 2.38. The first-order valence-corrected chi connectivity index (χ1v) is 10.6. The molecule has 0 aliphatic heterocycles. The molecule has 0 heterocycles. The van der Waals surface area contributed by atoms with Crippen molar-refractivity contribution in [1.29, 1.82) is 0 Å². The zero-order chi connectivity index (χ0) is 22.0. The number of hydrogen-bond donors (Lipinski definition) is 2. The molecule has 3 heteroatoms. The van der Waals surface area contributed by atoms with Crippen molar-refractivity contribution in [2.75, 3.05) is 0 Å². The molecule has 0 amide bonds. The minimum Gasteiger partial charge on any atom is -0.478 e. The Morgan fingerprint density at radius 1 is 0.964 bits per heavy atom. The summed E-state index contributed by atoms with van der Waals surface area (Å²) >= 11 is 0. The molecule has 0 spiro atoms. The number of aliphatic carboxylic acids is 1. The van der Waals surface area contributed by atoms with Gasteiger partial charge in [0.25, 0.3) is 0 Å². The molecule has 0 radical (unpaired) electrons. The summed E-state index contributed by atoms with van der Waals surface area (Å²) in [5.74, 6) is -0.800. The average molecular weight is 393 g/mol. The van der Waals surface area contributed by atoms with E-state index in [9.17, 15) is 9.90 Å². The predicted octanol–water partition coefficient (Wildman–Crippen LogP) is 7.38. The molecule has 0 saturated carbocycles. The van der Waals surface area contributed by atoms with E-state index in [-0.39, 0.29) is 0 Å². The highest BCUT2D eigenvalue weighted by Crippen LogP contribution is 2.15. The zero-order valence-corrected chi connectivity index (χ0v) is 19.2. The number of aliphatic hydroxyl groups is 1. The van der Waals surface area contributed by atoms with E-state index in [0.717, 1.165) is 38.5 Å². The lowest BCUT2D eigenvalue weighted by Crippen LogP contribution is -2.19. The summed E-state index contributed by atoms with van der Waals surface area (Å²) in [7, 11) is 0. The maximum atomic E-state index is 10.4. The highest BCUT2D eigenvalue weighted by atomic mass is 16.4. The Bertz CT molecular complexity index is 518. The van der Waals surface area contributed by atoms with Crippen molar-refractivity contribution in [2.24, 2.45) is 0 Å². The van der Waals surface area contributed by atoms with Crippen LogP contribution in [-0.4, -0.2) is 21.8 Å². The molecule has 0 fully saturated rings. The number of unbranched alkanes of at least 4 members (excludes halogenated alkanes) is 4. The Morgan fingerprint density at radius 3 is 2.11 bits per heavy atom. The molecule has 0 aromatic rings. The van der Waals surface area contributed by atoms with Crippen molar-refractivity contribution < 1.29 is 15.0 Å². The van der Waals surface area contributed by atoms with E-state index in [1.54, 1.807) is 26.0 Å². The number of rotatable bonds is 13. The molecule has 3 nitrogen and oxygen atoms in total. The van der Waals surface area contributed by atoms with E-state index < -0.39 is 11.6 Å². The second-order valence-electron chi connectivity index (χ2n) is 8.01. The van der Waals surface area contributed by atoms with Crippen molar-refractivity contribution in [3.63, 3.8) is 0 Å². The summed E-state index contributed by atoms with van der Waals surface area (Å²) in [6.07, 6.45) is 17.5. The Kier molecular flexibility index (Phi) is 17.9.